The van der Waals surface area contributed by atoms with E-state index in [1.54, 1.807) is 12.1 Å². The second kappa shape index (κ2) is 6.52. The van der Waals surface area contributed by atoms with E-state index in [0.29, 0.717) is 21.9 Å². The smallest absolute Gasteiger partial charge is 0.279 e. The molecule has 3 nitrogen and oxygen atoms in total. The molecular weight excluding hydrogens is 328 g/mol. The van der Waals surface area contributed by atoms with Crippen molar-refractivity contribution in [3.05, 3.63) is 76.1 Å². The van der Waals surface area contributed by atoms with Gasteiger partial charge in [-0.1, -0.05) is 52.8 Å². The third kappa shape index (κ3) is 3.14. The molecule has 0 spiro atoms. The van der Waals surface area contributed by atoms with Crippen molar-refractivity contribution >= 4 is 39.1 Å². The van der Waals surface area contributed by atoms with E-state index in [1.807, 2.05) is 47.9 Å². The van der Waals surface area contributed by atoms with Crippen LogP contribution in [0.25, 0.3) is 10.2 Å². The molecule has 0 bridgehead atoms. The van der Waals surface area contributed by atoms with Gasteiger partial charge in [-0.25, -0.2) is 0 Å². The minimum Gasteiger partial charge on any atom is -0.311 e. The number of allylic oxidation sites excluding steroid dienone is 1. The lowest BCUT2D eigenvalue weighted by atomic mass is 10.1. The number of halogens is 1. The number of rotatable bonds is 3. The normalized spacial score (nSPS) is 11.8. The third-order valence-electron chi connectivity index (χ3n) is 3.43. The number of nitrogens with zero attached hydrogens (tertiary/aromatic N) is 2. The molecule has 116 valence electrons. The van der Waals surface area contributed by atoms with Crippen molar-refractivity contribution in [3.63, 3.8) is 0 Å². The maximum absolute atomic E-state index is 12.5. The molecule has 5 heteroatoms. The molecular formula is C18H15ClN2OS. The first-order valence-electron chi connectivity index (χ1n) is 7.14. The van der Waals surface area contributed by atoms with Crippen LogP contribution in [-0.2, 0) is 6.54 Å². The van der Waals surface area contributed by atoms with Crippen molar-refractivity contribution in [2.75, 3.05) is 0 Å². The number of aromatic nitrogens is 1. The number of para-hydroxylation sites is 1. The Hall–Kier alpha value is -2.17. The molecule has 0 fully saturated rings. The Balaban J connectivity index is 2.18. The number of carbonyl (C=O) groups is 1. The van der Waals surface area contributed by atoms with Crippen LogP contribution < -0.4 is 4.80 Å². The molecule has 0 saturated carbocycles. The summed E-state index contributed by atoms with van der Waals surface area (Å²) in [5.74, 6) is -0.255. The zero-order valence-corrected chi connectivity index (χ0v) is 14.2. The minimum absolute atomic E-state index is 0.255. The van der Waals surface area contributed by atoms with E-state index < -0.39 is 0 Å². The summed E-state index contributed by atoms with van der Waals surface area (Å²) in [7, 11) is 0. The highest BCUT2D eigenvalue weighted by Gasteiger charge is 2.11. The van der Waals surface area contributed by atoms with Gasteiger partial charge in [0.2, 0.25) is 0 Å². The molecule has 1 aromatic heterocycles. The maximum Gasteiger partial charge on any atom is 0.279 e. The molecule has 0 aliphatic carbocycles. The van der Waals surface area contributed by atoms with Gasteiger partial charge >= 0.3 is 0 Å². The monoisotopic (exact) mass is 342 g/mol. The predicted octanol–water partition coefficient (Wildman–Crippen LogP) is 4.59. The fraction of sp³-hybridized carbons (Fsp3) is 0.111. The molecule has 2 aromatic carbocycles. The lowest BCUT2D eigenvalue weighted by molar-refractivity contribution is 0.0998. The van der Waals surface area contributed by atoms with Gasteiger partial charge in [-0.3, -0.25) is 4.79 Å². The zero-order valence-electron chi connectivity index (χ0n) is 12.6. The summed E-state index contributed by atoms with van der Waals surface area (Å²) >= 11 is 7.76. The molecule has 0 N–H and O–H groups in total. The second-order valence-corrected chi connectivity index (χ2v) is 6.57. The molecule has 23 heavy (non-hydrogen) atoms. The van der Waals surface area contributed by atoms with Gasteiger partial charge in [-0.05, 0) is 31.2 Å². The summed E-state index contributed by atoms with van der Waals surface area (Å²) in [5.41, 5.74) is 2.50. The van der Waals surface area contributed by atoms with Crippen LogP contribution in [-0.4, -0.2) is 10.5 Å². The average molecular weight is 343 g/mol. The van der Waals surface area contributed by atoms with Crippen molar-refractivity contribution in [2.45, 2.75) is 13.5 Å². The fourth-order valence-corrected chi connectivity index (χ4v) is 3.80. The van der Waals surface area contributed by atoms with Gasteiger partial charge < -0.3 is 4.57 Å². The van der Waals surface area contributed by atoms with Crippen LogP contribution in [0, 0.1) is 6.92 Å². The van der Waals surface area contributed by atoms with E-state index in [4.69, 9.17) is 11.6 Å². The van der Waals surface area contributed by atoms with Crippen molar-refractivity contribution in [2.24, 2.45) is 4.99 Å². The molecule has 0 unspecified atom stereocenters. The lowest BCUT2D eigenvalue weighted by Crippen LogP contribution is -2.16. The number of benzene rings is 2. The van der Waals surface area contributed by atoms with Crippen molar-refractivity contribution < 1.29 is 4.79 Å². The van der Waals surface area contributed by atoms with Crippen LogP contribution in [0.15, 0.2) is 60.1 Å². The first kappa shape index (κ1) is 15.7. The number of thiazole rings is 1. The Morgan fingerprint density at radius 2 is 2.13 bits per heavy atom. The summed E-state index contributed by atoms with van der Waals surface area (Å²) in [5, 5.41) is 0.644. The molecule has 3 aromatic rings. The van der Waals surface area contributed by atoms with E-state index in [1.165, 1.54) is 11.3 Å². The van der Waals surface area contributed by atoms with Crippen molar-refractivity contribution in [1.82, 2.24) is 4.57 Å². The topological polar surface area (TPSA) is 34.4 Å². The van der Waals surface area contributed by atoms with E-state index >= 15 is 0 Å². The van der Waals surface area contributed by atoms with Crippen LogP contribution in [0.2, 0.25) is 5.02 Å². The van der Waals surface area contributed by atoms with Crippen molar-refractivity contribution in [1.29, 1.82) is 0 Å². The van der Waals surface area contributed by atoms with E-state index in [9.17, 15) is 4.79 Å². The Bertz CT molecular complexity index is 969. The Kier molecular flexibility index (Phi) is 4.46. The SMILES string of the molecule is C=CCn1c(=NC(=O)c2cccc(C)c2)sc2cccc(Cl)c21. The van der Waals surface area contributed by atoms with Gasteiger partial charge in [0.1, 0.15) is 0 Å². The average Bonchev–Trinajstić information content (AvgIpc) is 2.86. The van der Waals surface area contributed by atoms with Crippen LogP contribution in [0.3, 0.4) is 0 Å². The zero-order chi connectivity index (χ0) is 16.4. The first-order valence-corrected chi connectivity index (χ1v) is 8.34. The number of hydrogen-bond acceptors (Lipinski definition) is 2. The summed E-state index contributed by atoms with van der Waals surface area (Å²) in [6.45, 7) is 6.27. The number of amides is 1. The Morgan fingerprint density at radius 3 is 2.87 bits per heavy atom. The van der Waals surface area contributed by atoms with Gasteiger partial charge in [0.05, 0.1) is 15.2 Å². The van der Waals surface area contributed by atoms with E-state index in [2.05, 4.69) is 11.6 Å². The van der Waals surface area contributed by atoms with Crippen LogP contribution in [0.1, 0.15) is 15.9 Å². The summed E-state index contributed by atoms with van der Waals surface area (Å²) in [4.78, 5) is 17.4. The maximum atomic E-state index is 12.5. The molecule has 0 aliphatic rings. The molecule has 0 radical (unpaired) electrons. The predicted molar refractivity (Wildman–Crippen MR) is 96.1 cm³/mol. The van der Waals surface area contributed by atoms with Gasteiger partial charge in [-0.15, -0.1) is 6.58 Å². The van der Waals surface area contributed by atoms with Crippen LogP contribution in [0.5, 0.6) is 0 Å². The minimum atomic E-state index is -0.255. The molecule has 0 atom stereocenters. The Morgan fingerprint density at radius 1 is 1.35 bits per heavy atom. The number of carbonyl (C=O) groups excluding carboxylic acids is 1. The molecule has 1 amide bonds. The summed E-state index contributed by atoms with van der Waals surface area (Å²) in [6.07, 6.45) is 1.77. The Labute approximate surface area is 143 Å². The summed E-state index contributed by atoms with van der Waals surface area (Å²) in [6, 6.07) is 13.1. The van der Waals surface area contributed by atoms with E-state index in [0.717, 1.165) is 15.8 Å². The number of hydrogen-bond donors (Lipinski definition) is 0. The van der Waals surface area contributed by atoms with Gasteiger partial charge in [-0.2, -0.15) is 4.99 Å². The number of aryl methyl sites for hydroxylation is 1. The molecule has 1 heterocycles. The largest absolute Gasteiger partial charge is 0.311 e. The first-order chi connectivity index (χ1) is 11.1. The summed E-state index contributed by atoms with van der Waals surface area (Å²) < 4.78 is 2.92. The van der Waals surface area contributed by atoms with Gasteiger partial charge in [0.25, 0.3) is 5.91 Å². The van der Waals surface area contributed by atoms with Crippen molar-refractivity contribution in [3.8, 4) is 0 Å². The second-order valence-electron chi connectivity index (χ2n) is 5.16. The standard InChI is InChI=1S/C18H15ClN2OS/c1-3-10-21-16-14(19)8-5-9-15(16)23-18(21)20-17(22)13-7-4-6-12(2)11-13/h3-9,11H,1,10H2,2H3. The van der Waals surface area contributed by atoms with Crippen LogP contribution in [0.4, 0.5) is 0 Å². The molecule has 0 saturated heterocycles. The quantitative estimate of drug-likeness (QED) is 0.641. The van der Waals surface area contributed by atoms with Crippen LogP contribution >= 0.6 is 22.9 Å². The van der Waals surface area contributed by atoms with Gasteiger partial charge in [0, 0.05) is 12.1 Å². The highest BCUT2D eigenvalue weighted by atomic mass is 35.5. The lowest BCUT2D eigenvalue weighted by Gasteiger charge is -2.02. The highest BCUT2D eigenvalue weighted by molar-refractivity contribution is 7.16. The highest BCUT2D eigenvalue weighted by Crippen LogP contribution is 2.25. The van der Waals surface area contributed by atoms with E-state index in [-0.39, 0.29) is 5.91 Å². The third-order valence-corrected chi connectivity index (χ3v) is 4.77. The molecule has 0 aliphatic heterocycles. The fourth-order valence-electron chi connectivity index (χ4n) is 2.40. The molecule has 3 rings (SSSR count). The number of fused-ring (bicyclic) bond motifs is 1. The van der Waals surface area contributed by atoms with Gasteiger partial charge in [0.15, 0.2) is 4.80 Å².